The van der Waals surface area contributed by atoms with Crippen LogP contribution in [0.4, 0.5) is 0 Å². The maximum Gasteiger partial charge on any atom is 0.265 e. The molecule has 8 heteroatoms. The van der Waals surface area contributed by atoms with Crippen molar-refractivity contribution in [1.29, 1.82) is 0 Å². The number of hydrogen-bond acceptors (Lipinski definition) is 5. The van der Waals surface area contributed by atoms with Gasteiger partial charge in [0.05, 0.1) is 10.8 Å². The molecule has 37 heavy (non-hydrogen) atoms. The van der Waals surface area contributed by atoms with Gasteiger partial charge in [-0.15, -0.1) is 0 Å². The fraction of sp³-hybridized carbons (Fsp3) is 0.345. The standard InChI is InChI=1S/C29H34N2O3S3/c1-4-30-27(35-24-11-6-5-7-12-24)18-22-17-23(21-29(2,3)20-22)19-28-31(15-10-16-37(32,33)34)25-13-8-9-14-26(25)36-28/h5-9,11-14,17-19H,4,10,15-16,20-21H2,1-3H3,(H,32,33,34)/p+1. The minimum absolute atomic E-state index is 0.119. The van der Waals surface area contributed by atoms with Crippen LogP contribution in [0.5, 0.6) is 0 Å². The highest BCUT2D eigenvalue weighted by Crippen LogP contribution is 2.40. The van der Waals surface area contributed by atoms with E-state index in [0.29, 0.717) is 13.0 Å². The van der Waals surface area contributed by atoms with E-state index in [4.69, 9.17) is 0 Å². The molecule has 4 rings (SSSR count). The minimum atomic E-state index is -3.98. The Morgan fingerprint density at radius 2 is 1.86 bits per heavy atom. The van der Waals surface area contributed by atoms with Crippen molar-refractivity contribution in [3.8, 4) is 0 Å². The Balaban J connectivity index is 1.69. The van der Waals surface area contributed by atoms with Crippen molar-refractivity contribution >= 4 is 49.5 Å². The van der Waals surface area contributed by atoms with Crippen LogP contribution in [0, 0.1) is 5.41 Å². The predicted octanol–water partition coefficient (Wildman–Crippen LogP) is 6.84. The van der Waals surface area contributed by atoms with Crippen LogP contribution in [0.3, 0.4) is 0 Å². The van der Waals surface area contributed by atoms with Gasteiger partial charge in [-0.3, -0.25) is 4.55 Å². The highest BCUT2D eigenvalue weighted by Gasteiger charge is 2.27. The van der Waals surface area contributed by atoms with Crippen LogP contribution in [-0.2, 0) is 16.7 Å². The second-order valence-electron chi connectivity index (χ2n) is 10.1. The molecular formula is C29H35N2O3S3+. The van der Waals surface area contributed by atoms with Gasteiger partial charge in [0.25, 0.3) is 15.1 Å². The Morgan fingerprint density at radius 3 is 2.59 bits per heavy atom. The van der Waals surface area contributed by atoms with Crippen LogP contribution >= 0.6 is 23.1 Å². The lowest BCUT2D eigenvalue weighted by Crippen LogP contribution is -2.36. The van der Waals surface area contributed by atoms with Crippen LogP contribution in [0.25, 0.3) is 16.3 Å². The lowest BCUT2D eigenvalue weighted by atomic mass is 9.75. The summed E-state index contributed by atoms with van der Waals surface area (Å²) in [7, 11) is -3.98. The molecular weight excluding hydrogens is 521 g/mol. The number of thiazole rings is 1. The molecule has 5 nitrogen and oxygen atoms in total. The van der Waals surface area contributed by atoms with E-state index in [2.05, 4.69) is 85.3 Å². The van der Waals surface area contributed by atoms with Crippen molar-refractivity contribution in [2.45, 2.75) is 51.5 Å². The van der Waals surface area contributed by atoms with E-state index < -0.39 is 10.1 Å². The van der Waals surface area contributed by atoms with Crippen LogP contribution < -0.4 is 9.88 Å². The quantitative estimate of drug-likeness (QED) is 0.163. The zero-order chi connectivity index (χ0) is 26.5. The second kappa shape index (κ2) is 12.0. The van der Waals surface area contributed by atoms with Gasteiger partial charge in [0.15, 0.2) is 6.54 Å². The molecule has 0 spiro atoms. The first-order chi connectivity index (χ1) is 17.6. The molecule has 196 valence electrons. The SMILES string of the molecule is CCN/C(=C/C1=CC(=C/c2sc3ccccc3[n+]2CCCS(=O)(=O)O)/CC(C)(C)C1)Sc1ccccc1. The topological polar surface area (TPSA) is 70.3 Å². The molecule has 0 saturated carbocycles. The monoisotopic (exact) mass is 555 g/mol. The van der Waals surface area contributed by atoms with E-state index in [1.807, 2.05) is 18.2 Å². The highest BCUT2D eigenvalue weighted by molar-refractivity contribution is 8.03. The molecule has 1 aromatic heterocycles. The van der Waals surface area contributed by atoms with Crippen molar-refractivity contribution < 1.29 is 17.5 Å². The molecule has 0 unspecified atom stereocenters. The zero-order valence-corrected chi connectivity index (χ0v) is 24.1. The average Bonchev–Trinajstić information content (AvgIpc) is 3.15. The first-order valence-electron chi connectivity index (χ1n) is 12.6. The van der Waals surface area contributed by atoms with Gasteiger partial charge in [0.1, 0.15) is 4.70 Å². The first kappa shape index (κ1) is 27.6. The number of thioether (sulfide) groups is 1. The van der Waals surface area contributed by atoms with Crippen LogP contribution in [0.2, 0.25) is 0 Å². The molecule has 0 fully saturated rings. The Labute approximate surface area is 228 Å². The van der Waals surface area contributed by atoms with E-state index in [0.717, 1.165) is 39.6 Å². The Bertz CT molecular complexity index is 1440. The summed E-state index contributed by atoms with van der Waals surface area (Å²) in [5.74, 6) is -0.242. The largest absolute Gasteiger partial charge is 0.380 e. The molecule has 0 atom stereocenters. The molecule has 2 aromatic carbocycles. The van der Waals surface area contributed by atoms with Gasteiger partial charge in [0, 0.05) is 30.0 Å². The molecule has 0 saturated heterocycles. The molecule has 0 aliphatic heterocycles. The Morgan fingerprint density at radius 1 is 1.14 bits per heavy atom. The number of fused-ring (bicyclic) bond motifs is 1. The zero-order valence-electron chi connectivity index (χ0n) is 21.6. The van der Waals surface area contributed by atoms with Crippen molar-refractivity contribution in [3.63, 3.8) is 0 Å². The third-order valence-corrected chi connectivity index (χ3v) is 9.01. The van der Waals surface area contributed by atoms with Gasteiger partial charge in [-0.05, 0) is 60.6 Å². The predicted molar refractivity (Wildman–Crippen MR) is 156 cm³/mol. The van der Waals surface area contributed by atoms with Crippen LogP contribution in [0.1, 0.15) is 45.0 Å². The van der Waals surface area contributed by atoms with E-state index >= 15 is 0 Å². The van der Waals surface area contributed by atoms with E-state index in [9.17, 15) is 13.0 Å². The van der Waals surface area contributed by atoms with Crippen molar-refractivity contribution in [3.05, 3.63) is 87.9 Å². The maximum absolute atomic E-state index is 11.3. The highest BCUT2D eigenvalue weighted by atomic mass is 32.2. The number of benzene rings is 2. The van der Waals surface area contributed by atoms with Crippen molar-refractivity contribution in [2.24, 2.45) is 5.41 Å². The van der Waals surface area contributed by atoms with E-state index in [-0.39, 0.29) is 11.2 Å². The lowest BCUT2D eigenvalue weighted by molar-refractivity contribution is -0.668. The first-order valence-corrected chi connectivity index (χ1v) is 15.8. The molecule has 0 bridgehead atoms. The van der Waals surface area contributed by atoms with Gasteiger partial charge in [0.2, 0.25) is 5.52 Å². The molecule has 1 aliphatic rings. The summed E-state index contributed by atoms with van der Waals surface area (Å²) in [6.07, 6.45) is 9.16. The number of aryl methyl sites for hydroxylation is 1. The number of nitrogens with zero attached hydrogens (tertiary/aromatic N) is 1. The third-order valence-electron chi connectivity index (χ3n) is 6.10. The molecule has 0 radical (unpaired) electrons. The fourth-order valence-electron chi connectivity index (χ4n) is 4.72. The van der Waals surface area contributed by atoms with Crippen molar-refractivity contribution in [2.75, 3.05) is 12.3 Å². The minimum Gasteiger partial charge on any atom is -0.380 e. The average molecular weight is 556 g/mol. The number of nitrogens with one attached hydrogen (secondary N) is 1. The van der Waals surface area contributed by atoms with Gasteiger partial charge in [-0.2, -0.15) is 13.0 Å². The second-order valence-corrected chi connectivity index (χ2v) is 13.9. The Kier molecular flexibility index (Phi) is 8.95. The molecule has 1 aliphatic carbocycles. The summed E-state index contributed by atoms with van der Waals surface area (Å²) in [5.41, 5.74) is 3.76. The lowest BCUT2D eigenvalue weighted by Gasteiger charge is -2.30. The summed E-state index contributed by atoms with van der Waals surface area (Å²) < 4.78 is 35.2. The van der Waals surface area contributed by atoms with Crippen molar-refractivity contribution in [1.82, 2.24) is 5.32 Å². The normalized spacial score (nSPS) is 17.2. The number of para-hydroxylation sites is 1. The van der Waals surface area contributed by atoms with E-state index in [1.165, 1.54) is 16.0 Å². The molecule has 0 amide bonds. The van der Waals surface area contributed by atoms with Gasteiger partial charge in [-0.25, -0.2) is 0 Å². The molecule has 2 N–H and O–H groups in total. The Hall–Kier alpha value is -2.39. The maximum atomic E-state index is 11.3. The fourth-order valence-corrected chi connectivity index (χ4v) is 7.36. The number of hydrogen-bond donors (Lipinski definition) is 2. The number of aromatic nitrogens is 1. The van der Waals surface area contributed by atoms with Gasteiger partial charge in [-0.1, -0.05) is 73.4 Å². The smallest absolute Gasteiger partial charge is 0.265 e. The number of rotatable bonds is 10. The summed E-state index contributed by atoms with van der Waals surface area (Å²) in [6, 6.07) is 18.6. The molecule has 3 aromatic rings. The summed E-state index contributed by atoms with van der Waals surface area (Å²) >= 11 is 3.46. The summed E-state index contributed by atoms with van der Waals surface area (Å²) in [6.45, 7) is 8.12. The van der Waals surface area contributed by atoms with Gasteiger partial charge < -0.3 is 5.32 Å². The summed E-state index contributed by atoms with van der Waals surface area (Å²) in [4.78, 5) is 1.21. The third kappa shape index (κ3) is 8.04. The van der Waals surface area contributed by atoms with Crippen LogP contribution in [0.15, 0.2) is 87.8 Å². The van der Waals surface area contributed by atoms with Gasteiger partial charge >= 0.3 is 0 Å². The number of allylic oxidation sites excluding steroid dienone is 4. The summed E-state index contributed by atoms with van der Waals surface area (Å²) in [5, 5.41) is 5.75. The molecule has 1 heterocycles. The van der Waals surface area contributed by atoms with E-state index in [1.54, 1.807) is 23.1 Å². The van der Waals surface area contributed by atoms with Crippen LogP contribution in [-0.4, -0.2) is 25.3 Å².